The second-order valence-electron chi connectivity index (χ2n) is 4.75. The van der Waals surface area contributed by atoms with Crippen LogP contribution in [0.1, 0.15) is 40.5 Å². The van der Waals surface area contributed by atoms with Gasteiger partial charge in [-0.15, -0.1) is 0 Å². The Bertz CT molecular complexity index is 169. The lowest BCUT2D eigenvalue weighted by molar-refractivity contribution is -0.120. The van der Waals surface area contributed by atoms with Crippen molar-refractivity contribution in [2.24, 2.45) is 11.8 Å². The molecule has 90 valence electrons. The first kappa shape index (κ1) is 14.8. The molecule has 2 nitrogen and oxygen atoms in total. The molecule has 15 heavy (non-hydrogen) atoms. The number of carbonyl (C=O) groups excluding carboxylic acids is 1. The fraction of sp³-hybridized carbons (Fsp3) is 0.917. The third-order valence-electron chi connectivity index (χ3n) is 1.97. The summed E-state index contributed by atoms with van der Waals surface area (Å²) in [6.45, 7) is 9.58. The number of nitrogens with one attached hydrogen (secondary N) is 1. The lowest BCUT2D eigenvalue weighted by Crippen LogP contribution is -2.25. The standard InChI is InChI=1S/C12H25NOS/c1-10(2)5-7-13-12(14)6-8-15-9-11(3)4/h10-11H,5-9H2,1-4H3,(H,13,14). The van der Waals surface area contributed by atoms with Gasteiger partial charge in [0.1, 0.15) is 0 Å². The number of hydrogen-bond donors (Lipinski definition) is 1. The Morgan fingerprint density at radius 3 is 2.40 bits per heavy atom. The van der Waals surface area contributed by atoms with E-state index in [0.29, 0.717) is 12.3 Å². The van der Waals surface area contributed by atoms with Crippen LogP contribution in [0, 0.1) is 11.8 Å². The van der Waals surface area contributed by atoms with Crippen molar-refractivity contribution in [3.63, 3.8) is 0 Å². The Kier molecular flexibility index (Phi) is 8.97. The maximum Gasteiger partial charge on any atom is 0.220 e. The Morgan fingerprint density at radius 2 is 1.87 bits per heavy atom. The number of rotatable bonds is 8. The van der Waals surface area contributed by atoms with Crippen LogP contribution in [0.5, 0.6) is 0 Å². The lowest BCUT2D eigenvalue weighted by Gasteiger charge is -2.07. The third-order valence-corrected chi connectivity index (χ3v) is 3.36. The summed E-state index contributed by atoms with van der Waals surface area (Å²) in [4.78, 5) is 11.3. The Hall–Kier alpha value is -0.180. The van der Waals surface area contributed by atoms with Gasteiger partial charge in [0.05, 0.1) is 0 Å². The molecule has 0 aromatic rings. The third kappa shape index (κ3) is 11.7. The van der Waals surface area contributed by atoms with Gasteiger partial charge in [0, 0.05) is 18.7 Å². The predicted molar refractivity (Wildman–Crippen MR) is 69.2 cm³/mol. The zero-order valence-electron chi connectivity index (χ0n) is 10.5. The van der Waals surface area contributed by atoms with Crippen molar-refractivity contribution >= 4 is 17.7 Å². The molecule has 0 aromatic heterocycles. The average molecular weight is 231 g/mol. The molecule has 0 aliphatic carbocycles. The normalized spacial score (nSPS) is 11.1. The van der Waals surface area contributed by atoms with Gasteiger partial charge >= 0.3 is 0 Å². The van der Waals surface area contributed by atoms with Gasteiger partial charge in [-0.1, -0.05) is 27.7 Å². The van der Waals surface area contributed by atoms with E-state index >= 15 is 0 Å². The minimum absolute atomic E-state index is 0.201. The lowest BCUT2D eigenvalue weighted by atomic mass is 10.1. The zero-order chi connectivity index (χ0) is 11.7. The molecule has 0 unspecified atom stereocenters. The monoisotopic (exact) mass is 231 g/mol. The van der Waals surface area contributed by atoms with E-state index in [2.05, 4.69) is 33.0 Å². The van der Waals surface area contributed by atoms with E-state index in [1.165, 1.54) is 0 Å². The van der Waals surface area contributed by atoms with Crippen LogP contribution in [-0.4, -0.2) is 24.0 Å². The van der Waals surface area contributed by atoms with E-state index in [4.69, 9.17) is 0 Å². The molecule has 0 bridgehead atoms. The van der Waals surface area contributed by atoms with Gasteiger partial charge in [-0.3, -0.25) is 4.79 Å². The summed E-state index contributed by atoms with van der Waals surface area (Å²) in [5.74, 6) is 3.69. The van der Waals surface area contributed by atoms with E-state index in [0.717, 1.165) is 30.4 Å². The average Bonchev–Trinajstić information content (AvgIpc) is 2.11. The Balaban J connectivity index is 3.26. The maximum atomic E-state index is 11.3. The van der Waals surface area contributed by atoms with Crippen LogP contribution in [-0.2, 0) is 4.79 Å². The van der Waals surface area contributed by atoms with E-state index in [9.17, 15) is 4.79 Å². The summed E-state index contributed by atoms with van der Waals surface area (Å²) < 4.78 is 0. The summed E-state index contributed by atoms with van der Waals surface area (Å²) in [5, 5.41) is 2.95. The molecule has 0 rings (SSSR count). The molecule has 0 aromatic carbocycles. The van der Waals surface area contributed by atoms with E-state index in [-0.39, 0.29) is 5.91 Å². The van der Waals surface area contributed by atoms with Crippen LogP contribution in [0.3, 0.4) is 0 Å². The number of carbonyl (C=O) groups is 1. The van der Waals surface area contributed by atoms with E-state index in [1.54, 1.807) is 0 Å². The molecule has 0 aliphatic heterocycles. The van der Waals surface area contributed by atoms with Crippen LogP contribution in [0.2, 0.25) is 0 Å². The van der Waals surface area contributed by atoms with Gasteiger partial charge in [-0.05, 0) is 24.0 Å². The smallest absolute Gasteiger partial charge is 0.220 e. The predicted octanol–water partition coefficient (Wildman–Crippen LogP) is 2.93. The molecule has 1 amide bonds. The summed E-state index contributed by atoms with van der Waals surface area (Å²) in [6.07, 6.45) is 1.74. The van der Waals surface area contributed by atoms with Crippen LogP contribution in [0.4, 0.5) is 0 Å². The van der Waals surface area contributed by atoms with Crippen molar-refractivity contribution in [2.45, 2.75) is 40.5 Å². The molecule has 0 aliphatic rings. The van der Waals surface area contributed by atoms with Crippen molar-refractivity contribution in [1.29, 1.82) is 0 Å². The van der Waals surface area contributed by atoms with E-state index < -0.39 is 0 Å². The minimum atomic E-state index is 0.201. The molecule has 0 fully saturated rings. The SMILES string of the molecule is CC(C)CCNC(=O)CCSCC(C)C. The van der Waals surface area contributed by atoms with Crippen molar-refractivity contribution < 1.29 is 4.79 Å². The molecular formula is C12H25NOS. The second kappa shape index (κ2) is 9.08. The van der Waals surface area contributed by atoms with Crippen LogP contribution >= 0.6 is 11.8 Å². The number of amides is 1. The highest BCUT2D eigenvalue weighted by Crippen LogP contribution is 2.08. The zero-order valence-corrected chi connectivity index (χ0v) is 11.3. The highest BCUT2D eigenvalue weighted by atomic mass is 32.2. The minimum Gasteiger partial charge on any atom is -0.356 e. The largest absolute Gasteiger partial charge is 0.356 e. The van der Waals surface area contributed by atoms with Crippen LogP contribution in [0.25, 0.3) is 0 Å². The summed E-state index contributed by atoms with van der Waals surface area (Å²) in [7, 11) is 0. The molecule has 0 radical (unpaired) electrons. The van der Waals surface area contributed by atoms with Crippen molar-refractivity contribution in [3.8, 4) is 0 Å². The van der Waals surface area contributed by atoms with Gasteiger partial charge in [0.25, 0.3) is 0 Å². The molecule has 0 saturated heterocycles. The van der Waals surface area contributed by atoms with E-state index in [1.807, 2.05) is 11.8 Å². The fourth-order valence-corrected chi connectivity index (χ4v) is 2.04. The molecule has 0 heterocycles. The van der Waals surface area contributed by atoms with Gasteiger partial charge in [-0.25, -0.2) is 0 Å². The number of hydrogen-bond acceptors (Lipinski definition) is 2. The molecule has 0 atom stereocenters. The van der Waals surface area contributed by atoms with Crippen molar-refractivity contribution in [1.82, 2.24) is 5.32 Å². The van der Waals surface area contributed by atoms with Gasteiger partial charge < -0.3 is 5.32 Å². The quantitative estimate of drug-likeness (QED) is 0.651. The highest BCUT2D eigenvalue weighted by molar-refractivity contribution is 7.99. The molecule has 0 saturated carbocycles. The first-order valence-electron chi connectivity index (χ1n) is 5.86. The van der Waals surface area contributed by atoms with Gasteiger partial charge in [0.15, 0.2) is 0 Å². The van der Waals surface area contributed by atoms with Crippen LogP contribution < -0.4 is 5.32 Å². The second-order valence-corrected chi connectivity index (χ2v) is 5.90. The first-order chi connectivity index (χ1) is 7.02. The molecule has 1 N–H and O–H groups in total. The summed E-state index contributed by atoms with van der Waals surface area (Å²) >= 11 is 1.87. The van der Waals surface area contributed by atoms with Gasteiger partial charge in [0.2, 0.25) is 5.91 Å². The molecular weight excluding hydrogens is 206 g/mol. The van der Waals surface area contributed by atoms with Crippen molar-refractivity contribution in [2.75, 3.05) is 18.1 Å². The molecule has 0 spiro atoms. The topological polar surface area (TPSA) is 29.1 Å². The Morgan fingerprint density at radius 1 is 1.20 bits per heavy atom. The van der Waals surface area contributed by atoms with Crippen LogP contribution in [0.15, 0.2) is 0 Å². The summed E-state index contributed by atoms with van der Waals surface area (Å²) in [6, 6.07) is 0. The number of thioether (sulfide) groups is 1. The first-order valence-corrected chi connectivity index (χ1v) is 7.02. The van der Waals surface area contributed by atoms with Gasteiger partial charge in [-0.2, -0.15) is 11.8 Å². The fourth-order valence-electron chi connectivity index (χ4n) is 1.07. The Labute approximate surface area is 98.6 Å². The molecule has 3 heteroatoms. The highest BCUT2D eigenvalue weighted by Gasteiger charge is 2.02. The summed E-state index contributed by atoms with van der Waals surface area (Å²) in [5.41, 5.74) is 0. The maximum absolute atomic E-state index is 11.3. The van der Waals surface area contributed by atoms with Crippen molar-refractivity contribution in [3.05, 3.63) is 0 Å².